The summed E-state index contributed by atoms with van der Waals surface area (Å²) in [6.45, 7) is 7.25. The molecule has 1 aliphatic rings. The highest BCUT2D eigenvalue weighted by molar-refractivity contribution is 5.84. The maximum Gasteiger partial charge on any atom is 0.358 e. The molecule has 94 valence electrons. The third kappa shape index (κ3) is 2.31. The third-order valence-corrected chi connectivity index (χ3v) is 3.47. The van der Waals surface area contributed by atoms with E-state index in [2.05, 4.69) is 29.1 Å². The van der Waals surface area contributed by atoms with E-state index < -0.39 is 5.97 Å². The molecule has 6 heteroatoms. The zero-order valence-electron chi connectivity index (χ0n) is 10.3. The number of carboxylic acids is 1. The van der Waals surface area contributed by atoms with Gasteiger partial charge < -0.3 is 10.0 Å². The lowest BCUT2D eigenvalue weighted by atomic mass is 9.91. The number of piperidine rings is 1. The molecule has 1 aliphatic heterocycles. The number of likely N-dealkylation sites (N-methyl/N-ethyl adjacent to an activating group) is 1. The van der Waals surface area contributed by atoms with Crippen molar-refractivity contribution in [3.63, 3.8) is 0 Å². The van der Waals surface area contributed by atoms with Gasteiger partial charge >= 0.3 is 5.97 Å². The standard InChI is InChI=1S/C11H18N4O2/c1-3-14-6-4-5-11(2,8-14)15-7-9(10(16)17)12-13-15/h7H,3-6,8H2,1-2H3,(H,16,17)/t11-/m0/s1. The van der Waals surface area contributed by atoms with Crippen LogP contribution in [-0.4, -0.2) is 50.6 Å². The monoisotopic (exact) mass is 238 g/mol. The SMILES string of the molecule is CCN1CCC[C@](C)(n2cc(C(=O)O)nn2)C1. The van der Waals surface area contributed by atoms with Gasteiger partial charge in [-0.2, -0.15) is 0 Å². The summed E-state index contributed by atoms with van der Waals surface area (Å²) in [5.74, 6) is -1.02. The minimum Gasteiger partial charge on any atom is -0.476 e. The maximum atomic E-state index is 10.8. The highest BCUT2D eigenvalue weighted by atomic mass is 16.4. The summed E-state index contributed by atoms with van der Waals surface area (Å²) in [7, 11) is 0. The molecule has 0 bridgehead atoms. The number of hydrogen-bond donors (Lipinski definition) is 1. The summed E-state index contributed by atoms with van der Waals surface area (Å²) in [6, 6.07) is 0. The van der Waals surface area contributed by atoms with Crippen molar-refractivity contribution in [2.75, 3.05) is 19.6 Å². The van der Waals surface area contributed by atoms with Crippen LogP contribution in [0.5, 0.6) is 0 Å². The topological polar surface area (TPSA) is 71.2 Å². The Bertz CT molecular complexity index is 417. The first-order chi connectivity index (χ1) is 8.05. The molecular weight excluding hydrogens is 220 g/mol. The van der Waals surface area contributed by atoms with Crippen LogP contribution in [-0.2, 0) is 5.54 Å². The Morgan fingerprint density at radius 1 is 1.65 bits per heavy atom. The number of carboxylic acid groups (broad SMARTS) is 1. The van der Waals surface area contributed by atoms with Gasteiger partial charge in [0.2, 0.25) is 0 Å². The Hall–Kier alpha value is -1.43. The Labute approximate surface area is 100 Å². The summed E-state index contributed by atoms with van der Waals surface area (Å²) in [4.78, 5) is 13.1. The first-order valence-corrected chi connectivity index (χ1v) is 5.93. The van der Waals surface area contributed by atoms with Gasteiger partial charge in [-0.25, -0.2) is 9.48 Å². The van der Waals surface area contributed by atoms with Gasteiger partial charge in [0.05, 0.1) is 11.7 Å². The molecule has 1 N–H and O–H groups in total. The smallest absolute Gasteiger partial charge is 0.358 e. The average molecular weight is 238 g/mol. The van der Waals surface area contributed by atoms with Gasteiger partial charge in [-0.05, 0) is 32.9 Å². The lowest BCUT2D eigenvalue weighted by Gasteiger charge is -2.39. The zero-order valence-corrected chi connectivity index (χ0v) is 10.3. The molecular formula is C11H18N4O2. The summed E-state index contributed by atoms with van der Waals surface area (Å²) >= 11 is 0. The van der Waals surface area contributed by atoms with E-state index in [-0.39, 0.29) is 11.2 Å². The second-order valence-corrected chi connectivity index (χ2v) is 4.82. The van der Waals surface area contributed by atoms with Crippen LogP contribution in [0.3, 0.4) is 0 Å². The van der Waals surface area contributed by atoms with Gasteiger partial charge in [0.1, 0.15) is 0 Å². The van der Waals surface area contributed by atoms with Crippen molar-refractivity contribution >= 4 is 5.97 Å². The molecule has 0 amide bonds. The molecule has 0 aromatic carbocycles. The molecule has 0 saturated carbocycles. The fourth-order valence-corrected chi connectivity index (χ4v) is 2.41. The second kappa shape index (κ2) is 4.44. The molecule has 2 heterocycles. The van der Waals surface area contributed by atoms with Crippen molar-refractivity contribution in [1.82, 2.24) is 19.9 Å². The highest BCUT2D eigenvalue weighted by Crippen LogP contribution is 2.27. The molecule has 1 aromatic heterocycles. The van der Waals surface area contributed by atoms with Crippen molar-refractivity contribution in [2.45, 2.75) is 32.2 Å². The molecule has 0 aliphatic carbocycles. The minimum atomic E-state index is -1.02. The average Bonchev–Trinajstić information content (AvgIpc) is 2.79. The number of aromatic carboxylic acids is 1. The van der Waals surface area contributed by atoms with Crippen molar-refractivity contribution in [2.24, 2.45) is 0 Å². The van der Waals surface area contributed by atoms with E-state index in [1.165, 1.54) is 6.20 Å². The number of carbonyl (C=O) groups is 1. The van der Waals surface area contributed by atoms with E-state index in [9.17, 15) is 4.79 Å². The molecule has 1 saturated heterocycles. The van der Waals surface area contributed by atoms with Crippen LogP contribution in [0.25, 0.3) is 0 Å². The Kier molecular flexibility index (Phi) is 3.15. The lowest BCUT2D eigenvalue weighted by Crippen LogP contribution is -2.48. The number of likely N-dealkylation sites (tertiary alicyclic amines) is 1. The third-order valence-electron chi connectivity index (χ3n) is 3.47. The summed E-state index contributed by atoms with van der Waals surface area (Å²) in [5.41, 5.74) is -0.130. The zero-order chi connectivity index (χ0) is 12.5. The van der Waals surface area contributed by atoms with Crippen LogP contribution in [0, 0.1) is 0 Å². The summed E-state index contributed by atoms with van der Waals surface area (Å²) in [6.07, 6.45) is 3.64. The summed E-state index contributed by atoms with van der Waals surface area (Å²) in [5, 5.41) is 16.5. The molecule has 0 radical (unpaired) electrons. The molecule has 2 rings (SSSR count). The minimum absolute atomic E-state index is 0.0137. The molecule has 17 heavy (non-hydrogen) atoms. The Morgan fingerprint density at radius 2 is 2.41 bits per heavy atom. The number of rotatable bonds is 3. The molecule has 1 atom stereocenters. The number of nitrogens with zero attached hydrogens (tertiary/aromatic N) is 4. The second-order valence-electron chi connectivity index (χ2n) is 4.82. The van der Waals surface area contributed by atoms with Crippen LogP contribution in [0.1, 0.15) is 37.2 Å². The molecule has 6 nitrogen and oxygen atoms in total. The highest BCUT2D eigenvalue weighted by Gasteiger charge is 2.33. The van der Waals surface area contributed by atoms with E-state index >= 15 is 0 Å². The predicted octanol–water partition coefficient (Wildman–Crippen LogP) is 0.807. The van der Waals surface area contributed by atoms with Crippen molar-refractivity contribution in [3.05, 3.63) is 11.9 Å². The van der Waals surface area contributed by atoms with Crippen molar-refractivity contribution < 1.29 is 9.90 Å². The molecule has 0 spiro atoms. The maximum absolute atomic E-state index is 10.8. The van der Waals surface area contributed by atoms with Gasteiger partial charge in [-0.1, -0.05) is 12.1 Å². The summed E-state index contributed by atoms with van der Waals surface area (Å²) < 4.78 is 1.71. The lowest BCUT2D eigenvalue weighted by molar-refractivity contribution is 0.0690. The number of aromatic nitrogens is 3. The van der Waals surface area contributed by atoms with Crippen LogP contribution in [0.2, 0.25) is 0 Å². The van der Waals surface area contributed by atoms with Crippen molar-refractivity contribution in [3.8, 4) is 0 Å². The molecule has 1 fully saturated rings. The van der Waals surface area contributed by atoms with Crippen LogP contribution in [0.15, 0.2) is 6.20 Å². The van der Waals surface area contributed by atoms with E-state index in [0.717, 1.165) is 32.5 Å². The van der Waals surface area contributed by atoms with Gasteiger partial charge in [0.15, 0.2) is 5.69 Å². The van der Waals surface area contributed by atoms with E-state index in [1.54, 1.807) is 4.68 Å². The predicted molar refractivity (Wildman–Crippen MR) is 62.0 cm³/mol. The fraction of sp³-hybridized carbons (Fsp3) is 0.727. The normalized spacial score (nSPS) is 26.0. The van der Waals surface area contributed by atoms with Gasteiger partial charge in [0.25, 0.3) is 0 Å². The number of hydrogen-bond acceptors (Lipinski definition) is 4. The largest absolute Gasteiger partial charge is 0.476 e. The van der Waals surface area contributed by atoms with Gasteiger partial charge in [-0.3, -0.25) is 0 Å². The first kappa shape index (κ1) is 12.0. The van der Waals surface area contributed by atoms with Crippen molar-refractivity contribution in [1.29, 1.82) is 0 Å². The Balaban J connectivity index is 2.21. The van der Waals surface area contributed by atoms with Crippen LogP contribution < -0.4 is 0 Å². The van der Waals surface area contributed by atoms with E-state index in [4.69, 9.17) is 5.11 Å². The van der Waals surface area contributed by atoms with Crippen LogP contribution in [0.4, 0.5) is 0 Å². The van der Waals surface area contributed by atoms with E-state index in [0.29, 0.717) is 0 Å². The fourth-order valence-electron chi connectivity index (χ4n) is 2.41. The van der Waals surface area contributed by atoms with Gasteiger partial charge in [-0.15, -0.1) is 5.10 Å². The van der Waals surface area contributed by atoms with E-state index in [1.807, 2.05) is 0 Å². The first-order valence-electron chi connectivity index (χ1n) is 5.93. The van der Waals surface area contributed by atoms with Crippen LogP contribution >= 0.6 is 0 Å². The quantitative estimate of drug-likeness (QED) is 0.843. The Morgan fingerprint density at radius 3 is 3.00 bits per heavy atom. The molecule has 0 unspecified atom stereocenters. The molecule has 1 aromatic rings. The van der Waals surface area contributed by atoms with Gasteiger partial charge in [0, 0.05) is 6.54 Å².